The average molecular weight is 242 g/mol. The molecular formula is C11H18N2O2S. The zero-order valence-electron chi connectivity index (χ0n) is 9.48. The first-order chi connectivity index (χ1) is 7.77. The summed E-state index contributed by atoms with van der Waals surface area (Å²) in [6.07, 6.45) is 4.49. The number of nitrogens with one attached hydrogen (secondary N) is 1. The Labute approximate surface area is 99.7 Å². The maximum Gasteiger partial charge on any atom is 0.220 e. The minimum atomic E-state index is 0.0293. The molecule has 0 saturated carbocycles. The highest BCUT2D eigenvalue weighted by Crippen LogP contribution is 2.18. The molecule has 0 aliphatic rings. The van der Waals surface area contributed by atoms with Gasteiger partial charge in [0.25, 0.3) is 0 Å². The molecule has 16 heavy (non-hydrogen) atoms. The van der Waals surface area contributed by atoms with Gasteiger partial charge < -0.3 is 10.4 Å². The monoisotopic (exact) mass is 242 g/mol. The predicted octanol–water partition coefficient (Wildman–Crippen LogP) is 1.87. The van der Waals surface area contributed by atoms with Crippen molar-refractivity contribution in [3.05, 3.63) is 16.6 Å². The van der Waals surface area contributed by atoms with Crippen LogP contribution in [0.4, 0.5) is 0 Å². The summed E-state index contributed by atoms with van der Waals surface area (Å²) in [5.74, 6) is 0.0375. The van der Waals surface area contributed by atoms with Gasteiger partial charge in [-0.05, 0) is 19.3 Å². The fourth-order valence-corrected chi connectivity index (χ4v) is 2.18. The van der Waals surface area contributed by atoms with Gasteiger partial charge in [-0.25, -0.2) is 4.98 Å². The minimum Gasteiger partial charge on any atom is -0.396 e. The molecular weight excluding hydrogens is 224 g/mol. The fraction of sp³-hybridized carbons (Fsp3) is 0.636. The number of nitrogens with zero attached hydrogens (tertiary/aromatic N) is 1. The van der Waals surface area contributed by atoms with Gasteiger partial charge in [-0.3, -0.25) is 4.79 Å². The number of rotatable bonds is 7. The molecule has 4 nitrogen and oxygen atoms in total. The van der Waals surface area contributed by atoms with Crippen molar-refractivity contribution in [2.45, 2.75) is 38.6 Å². The SMILES string of the molecule is CCC(NC(=O)CCCCO)c1nccs1. The zero-order chi connectivity index (χ0) is 11.8. The number of aliphatic hydroxyl groups is 1. The van der Waals surface area contributed by atoms with Crippen LogP contribution in [0.5, 0.6) is 0 Å². The normalized spacial score (nSPS) is 12.4. The molecule has 1 amide bonds. The molecule has 90 valence electrons. The van der Waals surface area contributed by atoms with Crippen LogP contribution in [0.2, 0.25) is 0 Å². The van der Waals surface area contributed by atoms with Crippen molar-refractivity contribution in [3.63, 3.8) is 0 Å². The lowest BCUT2D eigenvalue weighted by Gasteiger charge is -2.14. The standard InChI is InChI=1S/C11H18N2O2S/c1-2-9(11-12-6-8-16-11)13-10(15)5-3-4-7-14/h6,8-9,14H,2-5,7H2,1H3,(H,13,15). The Kier molecular flexibility index (Phi) is 6.03. The van der Waals surface area contributed by atoms with Gasteiger partial charge in [-0.1, -0.05) is 6.92 Å². The van der Waals surface area contributed by atoms with Crippen molar-refractivity contribution in [2.75, 3.05) is 6.61 Å². The van der Waals surface area contributed by atoms with Crippen molar-refractivity contribution in [1.82, 2.24) is 10.3 Å². The van der Waals surface area contributed by atoms with E-state index in [2.05, 4.69) is 10.3 Å². The van der Waals surface area contributed by atoms with Crippen molar-refractivity contribution >= 4 is 17.2 Å². The second-order valence-corrected chi connectivity index (χ2v) is 4.51. The molecule has 0 aromatic carbocycles. The van der Waals surface area contributed by atoms with Crippen LogP contribution in [0.15, 0.2) is 11.6 Å². The van der Waals surface area contributed by atoms with E-state index in [1.165, 1.54) is 0 Å². The van der Waals surface area contributed by atoms with E-state index in [4.69, 9.17) is 5.11 Å². The van der Waals surface area contributed by atoms with Crippen molar-refractivity contribution < 1.29 is 9.90 Å². The highest BCUT2D eigenvalue weighted by molar-refractivity contribution is 7.09. The summed E-state index contributed by atoms with van der Waals surface area (Å²) in [4.78, 5) is 15.8. The average Bonchev–Trinajstić information content (AvgIpc) is 2.79. The molecule has 0 spiro atoms. The number of amides is 1. The smallest absolute Gasteiger partial charge is 0.220 e. The number of unbranched alkanes of at least 4 members (excludes halogenated alkanes) is 1. The lowest BCUT2D eigenvalue weighted by Crippen LogP contribution is -2.27. The first-order valence-electron chi connectivity index (χ1n) is 5.57. The summed E-state index contributed by atoms with van der Waals surface area (Å²) < 4.78 is 0. The first kappa shape index (κ1) is 13.1. The topological polar surface area (TPSA) is 62.2 Å². The van der Waals surface area contributed by atoms with Crippen LogP contribution in [0.1, 0.15) is 43.7 Å². The highest BCUT2D eigenvalue weighted by atomic mass is 32.1. The van der Waals surface area contributed by atoms with Crippen molar-refractivity contribution in [2.24, 2.45) is 0 Å². The van der Waals surface area contributed by atoms with Gasteiger partial charge in [0, 0.05) is 24.6 Å². The molecule has 1 rings (SSSR count). The number of aliphatic hydroxyl groups excluding tert-OH is 1. The molecule has 5 heteroatoms. The third-order valence-electron chi connectivity index (χ3n) is 2.30. The molecule has 0 aliphatic heterocycles. The summed E-state index contributed by atoms with van der Waals surface area (Å²) >= 11 is 1.56. The molecule has 1 heterocycles. The molecule has 1 aromatic rings. The van der Waals surface area contributed by atoms with Gasteiger partial charge >= 0.3 is 0 Å². The van der Waals surface area contributed by atoms with Crippen LogP contribution in [0.25, 0.3) is 0 Å². The van der Waals surface area contributed by atoms with E-state index in [-0.39, 0.29) is 18.6 Å². The van der Waals surface area contributed by atoms with E-state index < -0.39 is 0 Å². The minimum absolute atomic E-state index is 0.0293. The third-order valence-corrected chi connectivity index (χ3v) is 3.19. The molecule has 0 aliphatic carbocycles. The summed E-state index contributed by atoms with van der Waals surface area (Å²) in [7, 11) is 0. The Morgan fingerprint density at radius 3 is 3.00 bits per heavy atom. The summed E-state index contributed by atoms with van der Waals surface area (Å²) in [5, 5.41) is 14.4. The lowest BCUT2D eigenvalue weighted by molar-refractivity contribution is -0.122. The fourth-order valence-electron chi connectivity index (χ4n) is 1.41. The molecule has 0 fully saturated rings. The molecule has 2 N–H and O–H groups in total. The van der Waals surface area contributed by atoms with E-state index in [0.29, 0.717) is 12.8 Å². The predicted molar refractivity (Wildman–Crippen MR) is 64.2 cm³/mol. The number of thiazole rings is 1. The molecule has 0 bridgehead atoms. The second kappa shape index (κ2) is 7.35. The van der Waals surface area contributed by atoms with E-state index in [1.807, 2.05) is 12.3 Å². The van der Waals surface area contributed by atoms with Gasteiger partial charge in [0.2, 0.25) is 5.91 Å². The van der Waals surface area contributed by atoms with Crippen LogP contribution in [0, 0.1) is 0 Å². The molecule has 1 aromatic heterocycles. The van der Waals surface area contributed by atoms with Gasteiger partial charge in [0.05, 0.1) is 6.04 Å². The highest BCUT2D eigenvalue weighted by Gasteiger charge is 2.14. The van der Waals surface area contributed by atoms with Gasteiger partial charge in [-0.15, -0.1) is 11.3 Å². The molecule has 1 unspecified atom stereocenters. The number of carbonyl (C=O) groups is 1. The summed E-state index contributed by atoms with van der Waals surface area (Å²) in [5.41, 5.74) is 0. The third kappa shape index (κ3) is 4.28. The second-order valence-electron chi connectivity index (χ2n) is 3.58. The Morgan fingerprint density at radius 2 is 2.44 bits per heavy atom. The number of hydrogen-bond acceptors (Lipinski definition) is 4. The number of hydrogen-bond donors (Lipinski definition) is 2. The largest absolute Gasteiger partial charge is 0.396 e. The Bertz CT molecular complexity index is 301. The molecule has 0 saturated heterocycles. The van der Waals surface area contributed by atoms with Crippen LogP contribution in [-0.2, 0) is 4.79 Å². The number of aromatic nitrogens is 1. The van der Waals surface area contributed by atoms with Crippen LogP contribution in [0.3, 0.4) is 0 Å². The van der Waals surface area contributed by atoms with E-state index in [9.17, 15) is 4.79 Å². The van der Waals surface area contributed by atoms with Gasteiger partial charge in [-0.2, -0.15) is 0 Å². The van der Waals surface area contributed by atoms with E-state index in [1.54, 1.807) is 17.5 Å². The van der Waals surface area contributed by atoms with Crippen LogP contribution in [-0.4, -0.2) is 22.6 Å². The summed E-state index contributed by atoms with van der Waals surface area (Å²) in [6.45, 7) is 2.18. The quantitative estimate of drug-likeness (QED) is 0.718. The lowest BCUT2D eigenvalue weighted by atomic mass is 10.2. The van der Waals surface area contributed by atoms with Crippen molar-refractivity contribution in [1.29, 1.82) is 0 Å². The Hall–Kier alpha value is -0.940. The zero-order valence-corrected chi connectivity index (χ0v) is 10.3. The Morgan fingerprint density at radius 1 is 1.62 bits per heavy atom. The van der Waals surface area contributed by atoms with E-state index >= 15 is 0 Å². The summed E-state index contributed by atoms with van der Waals surface area (Å²) in [6, 6.07) is 0.0293. The van der Waals surface area contributed by atoms with Gasteiger partial charge in [0.15, 0.2) is 0 Å². The van der Waals surface area contributed by atoms with Crippen LogP contribution >= 0.6 is 11.3 Å². The molecule has 1 atom stereocenters. The van der Waals surface area contributed by atoms with E-state index in [0.717, 1.165) is 17.8 Å². The van der Waals surface area contributed by atoms with Crippen molar-refractivity contribution in [3.8, 4) is 0 Å². The molecule has 0 radical (unpaired) electrons. The maximum absolute atomic E-state index is 11.6. The maximum atomic E-state index is 11.6. The number of carbonyl (C=O) groups excluding carboxylic acids is 1. The van der Waals surface area contributed by atoms with Gasteiger partial charge in [0.1, 0.15) is 5.01 Å². The van der Waals surface area contributed by atoms with Crippen LogP contribution < -0.4 is 5.32 Å². The Balaban J connectivity index is 2.36. The first-order valence-corrected chi connectivity index (χ1v) is 6.45.